The van der Waals surface area contributed by atoms with E-state index >= 15 is 0 Å². The Morgan fingerprint density at radius 1 is 0.867 bits per heavy atom. The quantitative estimate of drug-likeness (QED) is 0.119. The van der Waals surface area contributed by atoms with Crippen molar-refractivity contribution in [1.29, 1.82) is 5.26 Å². The average Bonchev–Trinajstić information content (AvgIpc) is 3.27. The van der Waals surface area contributed by atoms with Gasteiger partial charge in [-0.1, -0.05) is 90.5 Å². The molecule has 0 saturated heterocycles. The van der Waals surface area contributed by atoms with Gasteiger partial charge in [0.15, 0.2) is 0 Å². The van der Waals surface area contributed by atoms with Gasteiger partial charge in [0.25, 0.3) is 11.8 Å². The Hall–Kier alpha value is -7.42. The molecule has 8 rings (SSSR count). The van der Waals surface area contributed by atoms with E-state index in [9.17, 15) is 24.3 Å². The lowest BCUT2D eigenvalue weighted by Crippen LogP contribution is -2.56. The van der Waals surface area contributed by atoms with Gasteiger partial charge in [-0.05, 0) is 94.0 Å². The highest BCUT2D eigenvalue weighted by molar-refractivity contribution is 6.30. The minimum absolute atomic E-state index is 0.00146. The smallest absolute Gasteiger partial charge is 0.326 e. The van der Waals surface area contributed by atoms with E-state index in [0.717, 1.165) is 22.3 Å². The van der Waals surface area contributed by atoms with E-state index in [-0.39, 0.29) is 25.3 Å². The van der Waals surface area contributed by atoms with Gasteiger partial charge in [0.1, 0.15) is 30.2 Å². The number of nitriles is 1. The largest absolute Gasteiger partial charge is 0.489 e. The van der Waals surface area contributed by atoms with Crippen LogP contribution in [0.3, 0.4) is 0 Å². The molecule has 0 aromatic heterocycles. The van der Waals surface area contributed by atoms with Crippen molar-refractivity contribution in [2.24, 2.45) is 0 Å². The number of anilines is 1. The Bertz CT molecular complexity index is 2630. The van der Waals surface area contributed by atoms with Gasteiger partial charge in [0, 0.05) is 35.5 Å². The molecule has 2 heterocycles. The molecule has 0 bridgehead atoms. The Morgan fingerprint density at radius 2 is 1.58 bits per heavy atom. The third-order valence-electron chi connectivity index (χ3n) is 10.6. The number of aliphatic carboxylic acids is 1. The number of carbonyl (C=O) groups excluding carboxylic acids is 3. The van der Waals surface area contributed by atoms with Crippen LogP contribution < -0.4 is 20.1 Å². The van der Waals surface area contributed by atoms with Crippen LogP contribution in [0.4, 0.5) is 5.69 Å². The zero-order valence-electron chi connectivity index (χ0n) is 32.0. The Morgan fingerprint density at radius 3 is 2.27 bits per heavy atom. The standard InChI is InChI=1S/C48H37ClN4O7/c49-38-8-4-5-31(21-38)28-59-39-19-17-34(18-20-39)44-46(55)51-40-23-36-24-42(53(27-37(36)25-43(40)60-44)47(56)35-6-2-1-3-7-35)45(54)52-41(48(57)58)22-29-9-13-32(14-10-29)33-15-11-30(26-50)12-16-33/h1-21,23,25,41-42,44H,22,24,27-28H2,(H,51,55)(H,52,54)(H,57,58)/t41?,42-,44-/m0/s1. The Balaban J connectivity index is 0.995. The van der Waals surface area contributed by atoms with Gasteiger partial charge in [-0.3, -0.25) is 14.4 Å². The minimum atomic E-state index is -1.29. The lowest BCUT2D eigenvalue weighted by Gasteiger charge is -2.37. The summed E-state index contributed by atoms with van der Waals surface area (Å²) in [7, 11) is 0. The molecule has 0 radical (unpaired) electrons. The van der Waals surface area contributed by atoms with E-state index < -0.39 is 36.0 Å². The van der Waals surface area contributed by atoms with Crippen LogP contribution in [0.25, 0.3) is 11.1 Å². The van der Waals surface area contributed by atoms with Gasteiger partial charge < -0.3 is 30.1 Å². The second-order valence-electron chi connectivity index (χ2n) is 14.6. The molecule has 298 valence electrons. The fourth-order valence-electron chi connectivity index (χ4n) is 7.41. The summed E-state index contributed by atoms with van der Waals surface area (Å²) in [6.07, 6.45) is -0.891. The van der Waals surface area contributed by atoms with Crippen molar-refractivity contribution >= 4 is 41.0 Å². The number of halogens is 1. The number of carbonyl (C=O) groups is 4. The van der Waals surface area contributed by atoms with E-state index in [1.54, 1.807) is 97.1 Å². The second kappa shape index (κ2) is 17.2. The molecule has 0 aliphatic carbocycles. The van der Waals surface area contributed by atoms with E-state index in [1.807, 2.05) is 42.5 Å². The van der Waals surface area contributed by atoms with Crippen LogP contribution in [0.1, 0.15) is 49.8 Å². The summed E-state index contributed by atoms with van der Waals surface area (Å²) in [6, 6.07) is 40.8. The van der Waals surface area contributed by atoms with Crippen molar-refractivity contribution < 1.29 is 33.8 Å². The molecule has 1 unspecified atom stereocenters. The van der Waals surface area contributed by atoms with E-state index in [0.29, 0.717) is 56.6 Å². The second-order valence-corrected chi connectivity index (χ2v) is 15.0. The fourth-order valence-corrected chi connectivity index (χ4v) is 7.62. The summed E-state index contributed by atoms with van der Waals surface area (Å²) in [5.41, 5.74) is 6.78. The van der Waals surface area contributed by atoms with Crippen molar-refractivity contribution in [3.05, 3.63) is 183 Å². The highest BCUT2D eigenvalue weighted by atomic mass is 35.5. The van der Waals surface area contributed by atoms with Crippen molar-refractivity contribution in [3.63, 3.8) is 0 Å². The molecule has 12 heteroatoms. The number of hydrogen-bond donors (Lipinski definition) is 3. The topological polar surface area (TPSA) is 158 Å². The molecule has 2 aliphatic rings. The molecule has 3 atom stereocenters. The average molecular weight is 817 g/mol. The number of nitrogens with one attached hydrogen (secondary N) is 2. The summed E-state index contributed by atoms with van der Waals surface area (Å²) in [5, 5.41) is 25.6. The zero-order valence-corrected chi connectivity index (χ0v) is 32.8. The molecule has 0 spiro atoms. The first-order valence-electron chi connectivity index (χ1n) is 19.2. The predicted molar refractivity (Wildman–Crippen MR) is 224 cm³/mol. The van der Waals surface area contributed by atoms with Crippen LogP contribution >= 0.6 is 11.6 Å². The molecule has 0 saturated carbocycles. The number of fused-ring (bicyclic) bond motifs is 2. The van der Waals surface area contributed by atoms with Crippen molar-refractivity contribution in [1.82, 2.24) is 10.2 Å². The van der Waals surface area contributed by atoms with Crippen LogP contribution in [0, 0.1) is 11.3 Å². The van der Waals surface area contributed by atoms with Gasteiger partial charge in [-0.25, -0.2) is 4.79 Å². The monoisotopic (exact) mass is 816 g/mol. The third-order valence-corrected chi connectivity index (χ3v) is 10.8. The first kappa shape index (κ1) is 39.4. The summed E-state index contributed by atoms with van der Waals surface area (Å²) in [6.45, 7) is 0.353. The van der Waals surface area contributed by atoms with Crippen LogP contribution in [-0.2, 0) is 40.4 Å². The van der Waals surface area contributed by atoms with E-state index in [1.165, 1.54) is 4.90 Å². The summed E-state index contributed by atoms with van der Waals surface area (Å²) < 4.78 is 12.2. The van der Waals surface area contributed by atoms with E-state index in [4.69, 9.17) is 26.3 Å². The third kappa shape index (κ3) is 8.70. The van der Waals surface area contributed by atoms with Crippen LogP contribution in [0.5, 0.6) is 11.5 Å². The molecule has 2 aliphatic heterocycles. The lowest BCUT2D eigenvalue weighted by atomic mass is 9.91. The molecule has 6 aromatic rings. The predicted octanol–water partition coefficient (Wildman–Crippen LogP) is 7.91. The van der Waals surface area contributed by atoms with Gasteiger partial charge >= 0.3 is 5.97 Å². The van der Waals surface area contributed by atoms with Crippen LogP contribution in [-0.4, -0.2) is 45.8 Å². The lowest BCUT2D eigenvalue weighted by molar-refractivity contribution is -0.142. The molecule has 60 heavy (non-hydrogen) atoms. The molecule has 0 fully saturated rings. The van der Waals surface area contributed by atoms with Crippen LogP contribution in [0.2, 0.25) is 5.02 Å². The maximum Gasteiger partial charge on any atom is 0.326 e. The minimum Gasteiger partial charge on any atom is -0.489 e. The first-order valence-corrected chi connectivity index (χ1v) is 19.6. The fraction of sp³-hybridized carbons (Fsp3) is 0.146. The molecule has 3 N–H and O–H groups in total. The maximum absolute atomic E-state index is 14.1. The van der Waals surface area contributed by atoms with Crippen LogP contribution in [0.15, 0.2) is 140 Å². The number of hydrogen-bond acceptors (Lipinski definition) is 7. The molecular weight excluding hydrogens is 780 g/mol. The van der Waals surface area contributed by atoms with Gasteiger partial charge in [-0.2, -0.15) is 5.26 Å². The number of ether oxygens (including phenoxy) is 2. The summed E-state index contributed by atoms with van der Waals surface area (Å²) in [5.74, 6) is -1.60. The maximum atomic E-state index is 14.1. The van der Waals surface area contributed by atoms with E-state index in [2.05, 4.69) is 16.7 Å². The van der Waals surface area contributed by atoms with Crippen molar-refractivity contribution in [2.45, 2.75) is 44.2 Å². The molecule has 11 nitrogen and oxygen atoms in total. The van der Waals surface area contributed by atoms with Gasteiger partial charge in [0.05, 0.1) is 17.3 Å². The van der Waals surface area contributed by atoms with Crippen molar-refractivity contribution in [2.75, 3.05) is 5.32 Å². The number of benzene rings is 6. The number of carboxylic acid groups (broad SMARTS) is 1. The van der Waals surface area contributed by atoms with Crippen molar-refractivity contribution in [3.8, 4) is 28.7 Å². The number of nitrogens with zero attached hydrogens (tertiary/aromatic N) is 2. The zero-order chi connectivity index (χ0) is 41.8. The summed E-state index contributed by atoms with van der Waals surface area (Å²) >= 11 is 6.09. The van der Waals surface area contributed by atoms with Gasteiger partial charge in [-0.15, -0.1) is 0 Å². The highest BCUT2D eigenvalue weighted by Crippen LogP contribution is 2.40. The summed E-state index contributed by atoms with van der Waals surface area (Å²) in [4.78, 5) is 55.6. The molecular formula is C48H37ClN4O7. The van der Waals surface area contributed by atoms with Gasteiger partial charge in [0.2, 0.25) is 12.0 Å². The number of amides is 3. The Kier molecular flexibility index (Phi) is 11.3. The first-order chi connectivity index (χ1) is 29.1. The molecule has 6 aromatic carbocycles. The SMILES string of the molecule is N#Cc1ccc(-c2ccc(CC(NC(=O)[C@@H]3Cc4cc5c(cc4CN3C(=O)c3ccccc3)O[C@@H](c3ccc(OCc4cccc(Cl)c4)cc3)C(=O)N5)C(=O)O)cc2)cc1. The number of carboxylic acids is 1. The Labute approximate surface area is 350 Å². The number of rotatable bonds is 11. The molecule has 3 amide bonds. The highest BCUT2D eigenvalue weighted by Gasteiger charge is 2.39. The normalized spacial score (nSPS) is 15.9.